The smallest absolute Gasteiger partial charge is 0.326 e. The van der Waals surface area contributed by atoms with Crippen LogP contribution in [0.15, 0.2) is 16.6 Å². The number of halogens is 1. The molecule has 102 valence electrons. The SMILES string of the molecule is Cc1cc(C(=O)N2CCC[C@@H]2C(=O)O)c(C)cc1Br. The quantitative estimate of drug-likeness (QED) is 0.909. The zero-order chi connectivity index (χ0) is 14.2. The predicted octanol–water partition coefficient (Wildman–Crippen LogP) is 2.76. The molecule has 1 N–H and O–H groups in total. The van der Waals surface area contributed by atoms with Crippen LogP contribution < -0.4 is 0 Å². The summed E-state index contributed by atoms with van der Waals surface area (Å²) in [5.74, 6) is -1.10. The van der Waals surface area contributed by atoms with Gasteiger partial charge in [0.1, 0.15) is 6.04 Å². The fourth-order valence-corrected chi connectivity index (χ4v) is 2.89. The molecule has 19 heavy (non-hydrogen) atoms. The van der Waals surface area contributed by atoms with E-state index in [1.807, 2.05) is 26.0 Å². The summed E-state index contributed by atoms with van der Waals surface area (Å²) in [6.45, 7) is 4.30. The van der Waals surface area contributed by atoms with Crippen molar-refractivity contribution in [3.63, 3.8) is 0 Å². The first-order valence-electron chi connectivity index (χ1n) is 6.22. The number of aryl methyl sites for hydroxylation is 2. The molecule has 1 saturated heterocycles. The van der Waals surface area contributed by atoms with E-state index in [1.54, 1.807) is 0 Å². The minimum absolute atomic E-state index is 0.182. The van der Waals surface area contributed by atoms with E-state index in [1.165, 1.54) is 4.90 Å². The highest BCUT2D eigenvalue weighted by Crippen LogP contribution is 2.25. The molecule has 0 unspecified atom stereocenters. The van der Waals surface area contributed by atoms with Crippen molar-refractivity contribution >= 4 is 27.8 Å². The van der Waals surface area contributed by atoms with Crippen molar-refractivity contribution in [3.05, 3.63) is 33.3 Å². The second kappa shape index (κ2) is 5.33. The zero-order valence-electron chi connectivity index (χ0n) is 10.9. The van der Waals surface area contributed by atoms with Crippen LogP contribution in [0.4, 0.5) is 0 Å². The van der Waals surface area contributed by atoms with Crippen molar-refractivity contribution in [2.75, 3.05) is 6.54 Å². The zero-order valence-corrected chi connectivity index (χ0v) is 12.5. The first-order valence-corrected chi connectivity index (χ1v) is 7.01. The lowest BCUT2D eigenvalue weighted by Crippen LogP contribution is -2.40. The molecule has 1 heterocycles. The Morgan fingerprint density at radius 1 is 1.32 bits per heavy atom. The Morgan fingerprint density at radius 3 is 2.63 bits per heavy atom. The highest BCUT2D eigenvalue weighted by atomic mass is 79.9. The number of carbonyl (C=O) groups excluding carboxylic acids is 1. The largest absolute Gasteiger partial charge is 0.480 e. The van der Waals surface area contributed by atoms with Gasteiger partial charge in [-0.3, -0.25) is 4.79 Å². The number of nitrogens with zero attached hydrogens (tertiary/aromatic N) is 1. The van der Waals surface area contributed by atoms with Crippen LogP contribution in [0.25, 0.3) is 0 Å². The topological polar surface area (TPSA) is 57.6 Å². The van der Waals surface area contributed by atoms with E-state index < -0.39 is 12.0 Å². The highest BCUT2D eigenvalue weighted by molar-refractivity contribution is 9.10. The lowest BCUT2D eigenvalue weighted by Gasteiger charge is -2.22. The van der Waals surface area contributed by atoms with Crippen LogP contribution in [-0.2, 0) is 4.79 Å². The van der Waals surface area contributed by atoms with Gasteiger partial charge in [-0.25, -0.2) is 4.79 Å². The summed E-state index contributed by atoms with van der Waals surface area (Å²) < 4.78 is 0.956. The van der Waals surface area contributed by atoms with Gasteiger partial charge in [0, 0.05) is 16.6 Å². The third kappa shape index (κ3) is 2.66. The first kappa shape index (κ1) is 14.1. The Kier molecular flexibility index (Phi) is 3.94. The molecule has 0 saturated carbocycles. The van der Waals surface area contributed by atoms with E-state index in [0.29, 0.717) is 18.5 Å². The van der Waals surface area contributed by atoms with Crippen molar-refractivity contribution in [2.45, 2.75) is 32.7 Å². The number of benzene rings is 1. The van der Waals surface area contributed by atoms with Crippen LogP contribution in [0.3, 0.4) is 0 Å². The van der Waals surface area contributed by atoms with Gasteiger partial charge in [0.15, 0.2) is 0 Å². The molecular weight excluding hydrogens is 310 g/mol. The minimum atomic E-state index is -0.919. The Hall–Kier alpha value is -1.36. The number of carbonyl (C=O) groups is 2. The average molecular weight is 326 g/mol. The van der Waals surface area contributed by atoms with Gasteiger partial charge in [-0.15, -0.1) is 0 Å². The summed E-state index contributed by atoms with van der Waals surface area (Å²) in [7, 11) is 0. The second-order valence-electron chi connectivity index (χ2n) is 4.91. The summed E-state index contributed by atoms with van der Waals surface area (Å²) in [6, 6.07) is 3.03. The average Bonchev–Trinajstić information content (AvgIpc) is 2.82. The van der Waals surface area contributed by atoms with Crippen LogP contribution in [0.5, 0.6) is 0 Å². The molecule has 1 fully saturated rings. The van der Waals surface area contributed by atoms with Crippen molar-refractivity contribution in [1.29, 1.82) is 0 Å². The third-order valence-corrected chi connectivity index (χ3v) is 4.39. The molecule has 0 aliphatic carbocycles. The first-order chi connectivity index (χ1) is 8.91. The van der Waals surface area contributed by atoms with E-state index >= 15 is 0 Å². The summed E-state index contributed by atoms with van der Waals surface area (Å²) in [6.07, 6.45) is 1.28. The van der Waals surface area contributed by atoms with Crippen molar-refractivity contribution < 1.29 is 14.7 Å². The fraction of sp³-hybridized carbons (Fsp3) is 0.429. The number of rotatable bonds is 2. The predicted molar refractivity (Wildman–Crippen MR) is 75.3 cm³/mol. The van der Waals surface area contributed by atoms with Gasteiger partial charge in [0.25, 0.3) is 5.91 Å². The molecule has 1 aliphatic rings. The Bertz CT molecular complexity index is 542. The number of likely N-dealkylation sites (tertiary alicyclic amines) is 1. The van der Waals surface area contributed by atoms with E-state index in [9.17, 15) is 9.59 Å². The third-order valence-electron chi connectivity index (χ3n) is 3.53. The maximum atomic E-state index is 12.5. The number of carboxylic acids is 1. The van der Waals surface area contributed by atoms with Crippen LogP contribution >= 0.6 is 15.9 Å². The monoisotopic (exact) mass is 325 g/mol. The maximum absolute atomic E-state index is 12.5. The molecule has 0 aromatic heterocycles. The lowest BCUT2D eigenvalue weighted by molar-refractivity contribution is -0.141. The van der Waals surface area contributed by atoms with Gasteiger partial charge in [-0.05, 0) is 49.9 Å². The molecule has 0 radical (unpaired) electrons. The standard InChI is InChI=1S/C14H16BrNO3/c1-8-7-11(15)9(2)6-10(8)13(17)16-5-3-4-12(16)14(18)19/h6-7,12H,3-5H2,1-2H3,(H,18,19)/t12-/m1/s1. The Morgan fingerprint density at radius 2 is 2.00 bits per heavy atom. The molecule has 4 nitrogen and oxygen atoms in total. The molecule has 2 rings (SSSR count). The molecule has 1 aromatic carbocycles. The minimum Gasteiger partial charge on any atom is -0.480 e. The molecule has 1 atom stereocenters. The van der Waals surface area contributed by atoms with E-state index in [-0.39, 0.29) is 5.91 Å². The normalized spacial score (nSPS) is 18.7. The fourth-order valence-electron chi connectivity index (χ4n) is 2.43. The number of amides is 1. The van der Waals surface area contributed by atoms with Crippen molar-refractivity contribution in [1.82, 2.24) is 4.90 Å². The molecule has 1 aliphatic heterocycles. The number of aliphatic carboxylic acids is 1. The maximum Gasteiger partial charge on any atom is 0.326 e. The van der Waals surface area contributed by atoms with Crippen LogP contribution in [0.2, 0.25) is 0 Å². The van der Waals surface area contributed by atoms with Crippen LogP contribution in [0.1, 0.15) is 34.3 Å². The molecule has 5 heteroatoms. The van der Waals surface area contributed by atoms with Crippen LogP contribution in [0, 0.1) is 13.8 Å². The van der Waals surface area contributed by atoms with E-state index in [4.69, 9.17) is 5.11 Å². The summed E-state index contributed by atoms with van der Waals surface area (Å²) in [5, 5.41) is 9.15. The number of carboxylic acid groups (broad SMARTS) is 1. The molecule has 1 aromatic rings. The van der Waals surface area contributed by atoms with Crippen molar-refractivity contribution in [3.8, 4) is 0 Å². The summed E-state index contributed by atoms with van der Waals surface area (Å²) in [4.78, 5) is 25.1. The molecular formula is C14H16BrNO3. The molecule has 0 spiro atoms. The second-order valence-corrected chi connectivity index (χ2v) is 5.77. The van der Waals surface area contributed by atoms with Crippen molar-refractivity contribution in [2.24, 2.45) is 0 Å². The summed E-state index contributed by atoms with van der Waals surface area (Å²) >= 11 is 3.43. The Labute approximate surface area is 120 Å². The van der Waals surface area contributed by atoms with Gasteiger partial charge in [-0.1, -0.05) is 15.9 Å². The highest BCUT2D eigenvalue weighted by Gasteiger charge is 2.34. The van der Waals surface area contributed by atoms with Gasteiger partial charge >= 0.3 is 5.97 Å². The molecule has 0 bridgehead atoms. The Balaban J connectivity index is 2.34. The van der Waals surface area contributed by atoms with Crippen LogP contribution in [-0.4, -0.2) is 34.5 Å². The van der Waals surface area contributed by atoms with E-state index in [0.717, 1.165) is 22.0 Å². The van der Waals surface area contributed by atoms with E-state index in [2.05, 4.69) is 15.9 Å². The lowest BCUT2D eigenvalue weighted by atomic mass is 10.0. The summed E-state index contributed by atoms with van der Waals surface area (Å²) in [5.41, 5.74) is 2.42. The number of hydrogen-bond donors (Lipinski definition) is 1. The van der Waals surface area contributed by atoms with Gasteiger partial charge in [0.2, 0.25) is 0 Å². The number of hydrogen-bond acceptors (Lipinski definition) is 2. The molecule has 1 amide bonds. The van der Waals surface area contributed by atoms with Gasteiger partial charge in [-0.2, -0.15) is 0 Å². The van der Waals surface area contributed by atoms with Gasteiger partial charge in [0.05, 0.1) is 0 Å². The van der Waals surface area contributed by atoms with Gasteiger partial charge < -0.3 is 10.0 Å².